The number of pyridine rings is 1. The lowest BCUT2D eigenvalue weighted by Crippen LogP contribution is -2.22. The first-order valence-corrected chi connectivity index (χ1v) is 11.3. The van der Waals surface area contributed by atoms with Crippen LogP contribution in [-0.2, 0) is 25.9 Å². The van der Waals surface area contributed by atoms with Crippen LogP contribution in [-0.4, -0.2) is 26.0 Å². The number of nitrogens with zero attached hydrogens (tertiary/aromatic N) is 4. The third-order valence-electron chi connectivity index (χ3n) is 5.53. The van der Waals surface area contributed by atoms with E-state index in [0.29, 0.717) is 36.0 Å². The Kier molecular flexibility index (Phi) is 6.30. The minimum absolute atomic E-state index is 0.247. The number of fused-ring (bicyclic) bond motifs is 1. The molecular weight excluding hydrogens is 434 g/mol. The Morgan fingerprint density at radius 2 is 1.42 bits per heavy atom. The van der Waals surface area contributed by atoms with Crippen LogP contribution in [0.25, 0.3) is 0 Å². The Labute approximate surface area is 197 Å². The predicted molar refractivity (Wildman–Crippen MR) is 131 cm³/mol. The third-order valence-corrected chi connectivity index (χ3v) is 5.77. The molecule has 0 unspecified atom stereocenters. The molecule has 0 atom stereocenters. The van der Waals surface area contributed by atoms with Crippen LogP contribution in [0.2, 0.25) is 5.02 Å². The highest BCUT2D eigenvalue weighted by atomic mass is 35.5. The zero-order valence-electron chi connectivity index (χ0n) is 18.0. The second kappa shape index (κ2) is 9.83. The SMILES string of the molecule is Clc1cccc(CNc2nc(NCc3cccnc3)nc(NC3Cc4ccccc4C3)n2)c1. The van der Waals surface area contributed by atoms with Crippen molar-refractivity contribution in [3.8, 4) is 0 Å². The van der Waals surface area contributed by atoms with Gasteiger partial charge in [0.05, 0.1) is 0 Å². The summed E-state index contributed by atoms with van der Waals surface area (Å²) in [7, 11) is 0. The van der Waals surface area contributed by atoms with Gasteiger partial charge < -0.3 is 16.0 Å². The average Bonchev–Trinajstić information content (AvgIpc) is 3.24. The van der Waals surface area contributed by atoms with Gasteiger partial charge in [-0.15, -0.1) is 0 Å². The monoisotopic (exact) mass is 457 g/mol. The maximum atomic E-state index is 6.12. The molecule has 2 heterocycles. The normalized spacial score (nSPS) is 12.9. The molecule has 2 aromatic carbocycles. The molecule has 33 heavy (non-hydrogen) atoms. The van der Waals surface area contributed by atoms with E-state index < -0.39 is 0 Å². The van der Waals surface area contributed by atoms with Gasteiger partial charge in [0.25, 0.3) is 0 Å². The van der Waals surface area contributed by atoms with E-state index in [1.807, 2.05) is 42.6 Å². The topological polar surface area (TPSA) is 87.7 Å². The van der Waals surface area contributed by atoms with E-state index in [4.69, 9.17) is 11.6 Å². The standard InChI is InChI=1S/C25H24ClN7/c26-21-9-3-5-17(11-21)15-28-23-31-24(29-16-18-6-4-10-27-14-18)33-25(32-23)30-22-12-19-7-1-2-8-20(19)13-22/h1-11,14,22H,12-13,15-16H2,(H3,28,29,30,31,32,33). The Hall–Kier alpha value is -3.71. The number of nitrogens with one attached hydrogen (secondary N) is 3. The molecule has 1 aliphatic carbocycles. The van der Waals surface area contributed by atoms with Gasteiger partial charge in [0.2, 0.25) is 17.8 Å². The molecule has 7 nitrogen and oxygen atoms in total. The Morgan fingerprint density at radius 1 is 0.758 bits per heavy atom. The lowest BCUT2D eigenvalue weighted by atomic mass is 10.1. The van der Waals surface area contributed by atoms with Gasteiger partial charge in [-0.25, -0.2) is 0 Å². The summed E-state index contributed by atoms with van der Waals surface area (Å²) in [4.78, 5) is 18.0. The van der Waals surface area contributed by atoms with Gasteiger partial charge in [-0.3, -0.25) is 4.98 Å². The summed E-state index contributed by atoms with van der Waals surface area (Å²) < 4.78 is 0. The van der Waals surface area contributed by atoms with Crippen LogP contribution in [0, 0.1) is 0 Å². The lowest BCUT2D eigenvalue weighted by Gasteiger charge is -2.15. The number of halogens is 1. The minimum atomic E-state index is 0.247. The van der Waals surface area contributed by atoms with Gasteiger partial charge in [-0.05, 0) is 53.3 Å². The molecule has 0 fully saturated rings. The Balaban J connectivity index is 1.33. The van der Waals surface area contributed by atoms with E-state index in [1.165, 1.54) is 11.1 Å². The number of anilines is 3. The van der Waals surface area contributed by atoms with Crippen molar-refractivity contribution in [2.45, 2.75) is 32.0 Å². The number of hydrogen-bond donors (Lipinski definition) is 3. The molecule has 0 aliphatic heterocycles. The molecule has 0 amide bonds. The van der Waals surface area contributed by atoms with Gasteiger partial charge in [0.15, 0.2) is 0 Å². The van der Waals surface area contributed by atoms with Crippen molar-refractivity contribution in [3.05, 3.63) is 100 Å². The fourth-order valence-electron chi connectivity index (χ4n) is 3.95. The molecule has 0 radical (unpaired) electrons. The molecular formula is C25H24ClN7. The molecule has 4 aromatic rings. The summed E-state index contributed by atoms with van der Waals surface area (Å²) in [5.74, 6) is 1.54. The highest BCUT2D eigenvalue weighted by molar-refractivity contribution is 6.30. The number of rotatable bonds is 8. The summed E-state index contributed by atoms with van der Waals surface area (Å²) in [6.07, 6.45) is 5.48. The maximum Gasteiger partial charge on any atom is 0.229 e. The fourth-order valence-corrected chi connectivity index (χ4v) is 4.17. The van der Waals surface area contributed by atoms with Crippen LogP contribution in [0.3, 0.4) is 0 Å². The van der Waals surface area contributed by atoms with Crippen molar-refractivity contribution in [1.82, 2.24) is 19.9 Å². The van der Waals surface area contributed by atoms with Crippen molar-refractivity contribution >= 4 is 29.4 Å². The molecule has 8 heteroatoms. The summed E-state index contributed by atoms with van der Waals surface area (Å²) in [5.41, 5.74) is 4.84. The van der Waals surface area contributed by atoms with Crippen molar-refractivity contribution in [1.29, 1.82) is 0 Å². The van der Waals surface area contributed by atoms with Gasteiger partial charge in [-0.1, -0.05) is 54.1 Å². The Bertz CT molecular complexity index is 1210. The summed E-state index contributed by atoms with van der Waals surface area (Å²) >= 11 is 6.12. The van der Waals surface area contributed by atoms with E-state index in [1.54, 1.807) is 6.20 Å². The van der Waals surface area contributed by atoms with E-state index in [0.717, 1.165) is 24.0 Å². The van der Waals surface area contributed by atoms with Crippen LogP contribution >= 0.6 is 11.6 Å². The highest BCUT2D eigenvalue weighted by Crippen LogP contribution is 2.24. The zero-order valence-corrected chi connectivity index (χ0v) is 18.8. The van der Waals surface area contributed by atoms with Gasteiger partial charge in [-0.2, -0.15) is 15.0 Å². The van der Waals surface area contributed by atoms with Crippen LogP contribution in [0.5, 0.6) is 0 Å². The van der Waals surface area contributed by atoms with Crippen molar-refractivity contribution in [2.75, 3.05) is 16.0 Å². The third kappa shape index (κ3) is 5.56. The molecule has 0 saturated heterocycles. The zero-order chi connectivity index (χ0) is 22.5. The number of benzene rings is 2. The number of hydrogen-bond acceptors (Lipinski definition) is 7. The molecule has 2 aromatic heterocycles. The van der Waals surface area contributed by atoms with E-state index in [2.05, 4.69) is 60.2 Å². The van der Waals surface area contributed by atoms with Crippen LogP contribution < -0.4 is 16.0 Å². The molecule has 1 aliphatic rings. The highest BCUT2D eigenvalue weighted by Gasteiger charge is 2.22. The van der Waals surface area contributed by atoms with Crippen molar-refractivity contribution < 1.29 is 0 Å². The van der Waals surface area contributed by atoms with Gasteiger partial charge in [0.1, 0.15) is 0 Å². The molecule has 0 saturated carbocycles. The Morgan fingerprint density at radius 3 is 2.09 bits per heavy atom. The second-order valence-corrected chi connectivity index (χ2v) is 8.46. The molecule has 5 rings (SSSR count). The summed E-state index contributed by atoms with van der Waals surface area (Å²) in [6.45, 7) is 1.13. The number of aromatic nitrogens is 4. The molecule has 3 N–H and O–H groups in total. The maximum absolute atomic E-state index is 6.12. The predicted octanol–water partition coefficient (Wildman–Crippen LogP) is 4.72. The first-order valence-electron chi connectivity index (χ1n) is 10.9. The van der Waals surface area contributed by atoms with Gasteiger partial charge >= 0.3 is 0 Å². The van der Waals surface area contributed by atoms with Crippen LogP contribution in [0.4, 0.5) is 17.8 Å². The molecule has 166 valence electrons. The van der Waals surface area contributed by atoms with Crippen LogP contribution in [0.1, 0.15) is 22.3 Å². The van der Waals surface area contributed by atoms with Gasteiger partial charge in [0, 0.05) is 36.5 Å². The van der Waals surface area contributed by atoms with E-state index in [9.17, 15) is 0 Å². The van der Waals surface area contributed by atoms with Crippen molar-refractivity contribution in [3.63, 3.8) is 0 Å². The smallest absolute Gasteiger partial charge is 0.229 e. The van der Waals surface area contributed by atoms with Crippen molar-refractivity contribution in [2.24, 2.45) is 0 Å². The first kappa shape index (κ1) is 21.2. The second-order valence-electron chi connectivity index (χ2n) is 8.02. The van der Waals surface area contributed by atoms with E-state index in [-0.39, 0.29) is 6.04 Å². The quantitative estimate of drug-likeness (QED) is 0.352. The van der Waals surface area contributed by atoms with E-state index >= 15 is 0 Å². The molecule has 0 spiro atoms. The fraction of sp³-hybridized carbons (Fsp3) is 0.200. The average molecular weight is 458 g/mol. The lowest BCUT2D eigenvalue weighted by molar-refractivity contribution is 0.759. The largest absolute Gasteiger partial charge is 0.351 e. The summed E-state index contributed by atoms with van der Waals surface area (Å²) in [5, 5.41) is 10.8. The van der Waals surface area contributed by atoms with Crippen LogP contribution in [0.15, 0.2) is 73.1 Å². The molecule has 0 bridgehead atoms. The first-order chi connectivity index (χ1) is 16.2. The summed E-state index contributed by atoms with van der Waals surface area (Å²) in [6, 6.07) is 20.4. The minimum Gasteiger partial charge on any atom is -0.351 e.